The van der Waals surface area contributed by atoms with E-state index < -0.39 is 0 Å². The first-order valence-electron chi connectivity index (χ1n) is 9.02. The van der Waals surface area contributed by atoms with Gasteiger partial charge in [-0.1, -0.05) is 24.3 Å². The van der Waals surface area contributed by atoms with Gasteiger partial charge >= 0.3 is 0 Å². The summed E-state index contributed by atoms with van der Waals surface area (Å²) in [5.74, 6) is 1.69. The van der Waals surface area contributed by atoms with Gasteiger partial charge in [-0.25, -0.2) is 9.67 Å². The summed E-state index contributed by atoms with van der Waals surface area (Å²) < 4.78 is 7.26. The standard InChI is InChI=1S/C21H25N5O/c1-3-12-22-21(23-13-10-19-8-6-15-27-19)24-16-18-7-4-5-9-20(18)26-14-11-17(2)25-26/h3-9,11,14-15H,1,10,12-13,16H2,2H3,(H2,22,23,24). The van der Waals surface area contributed by atoms with Gasteiger partial charge in [-0.2, -0.15) is 5.10 Å². The molecule has 140 valence electrons. The molecular formula is C21H25N5O. The summed E-state index contributed by atoms with van der Waals surface area (Å²) in [5, 5.41) is 11.1. The second kappa shape index (κ2) is 9.43. The number of para-hydroxylation sites is 1. The van der Waals surface area contributed by atoms with Crippen LogP contribution >= 0.6 is 0 Å². The lowest BCUT2D eigenvalue weighted by Crippen LogP contribution is -2.38. The van der Waals surface area contributed by atoms with Crippen LogP contribution in [0.1, 0.15) is 17.0 Å². The maximum Gasteiger partial charge on any atom is 0.191 e. The molecule has 0 aliphatic carbocycles. The molecule has 2 aromatic heterocycles. The molecule has 0 spiro atoms. The summed E-state index contributed by atoms with van der Waals surface area (Å²) >= 11 is 0. The minimum absolute atomic E-state index is 0.544. The second-order valence-corrected chi connectivity index (χ2v) is 6.12. The molecule has 1 aromatic carbocycles. The van der Waals surface area contributed by atoms with E-state index in [4.69, 9.17) is 9.41 Å². The molecule has 0 atom stereocenters. The van der Waals surface area contributed by atoms with Crippen molar-refractivity contribution in [1.82, 2.24) is 20.4 Å². The van der Waals surface area contributed by atoms with Gasteiger partial charge in [-0.3, -0.25) is 0 Å². The number of aryl methyl sites for hydroxylation is 1. The molecule has 3 rings (SSSR count). The lowest BCUT2D eigenvalue weighted by molar-refractivity contribution is 0.507. The molecular weight excluding hydrogens is 338 g/mol. The number of nitrogens with one attached hydrogen (secondary N) is 2. The van der Waals surface area contributed by atoms with Crippen LogP contribution in [0.3, 0.4) is 0 Å². The van der Waals surface area contributed by atoms with E-state index in [2.05, 4.69) is 34.4 Å². The van der Waals surface area contributed by atoms with E-state index in [1.165, 1.54) is 0 Å². The van der Waals surface area contributed by atoms with Crippen molar-refractivity contribution in [2.75, 3.05) is 13.1 Å². The van der Waals surface area contributed by atoms with Gasteiger partial charge in [0, 0.05) is 25.7 Å². The molecule has 6 heteroatoms. The van der Waals surface area contributed by atoms with Crippen LogP contribution < -0.4 is 10.6 Å². The molecule has 0 unspecified atom stereocenters. The molecule has 2 N–H and O–H groups in total. The zero-order valence-electron chi connectivity index (χ0n) is 15.6. The molecule has 27 heavy (non-hydrogen) atoms. The fourth-order valence-corrected chi connectivity index (χ4v) is 2.68. The van der Waals surface area contributed by atoms with Crippen LogP contribution in [-0.4, -0.2) is 28.8 Å². The molecule has 0 fully saturated rings. The predicted molar refractivity (Wildman–Crippen MR) is 108 cm³/mol. The topological polar surface area (TPSA) is 67.4 Å². The normalized spacial score (nSPS) is 11.4. The number of hydrogen-bond donors (Lipinski definition) is 2. The highest BCUT2D eigenvalue weighted by atomic mass is 16.3. The maximum absolute atomic E-state index is 5.37. The minimum Gasteiger partial charge on any atom is -0.469 e. The highest BCUT2D eigenvalue weighted by Gasteiger charge is 2.06. The van der Waals surface area contributed by atoms with Crippen LogP contribution in [0.4, 0.5) is 0 Å². The first-order chi connectivity index (χ1) is 13.3. The number of rotatable bonds is 8. The summed E-state index contributed by atoms with van der Waals surface area (Å²) in [7, 11) is 0. The van der Waals surface area contributed by atoms with Gasteiger partial charge < -0.3 is 15.1 Å². The van der Waals surface area contributed by atoms with Gasteiger partial charge in [0.2, 0.25) is 0 Å². The van der Waals surface area contributed by atoms with Crippen LogP contribution in [0, 0.1) is 6.92 Å². The Morgan fingerprint density at radius 1 is 1.22 bits per heavy atom. The number of aromatic nitrogens is 2. The third kappa shape index (κ3) is 5.34. The van der Waals surface area contributed by atoms with Crippen LogP contribution in [-0.2, 0) is 13.0 Å². The number of benzene rings is 1. The van der Waals surface area contributed by atoms with Gasteiger partial charge in [0.15, 0.2) is 5.96 Å². The Hall–Kier alpha value is -3.28. The van der Waals surface area contributed by atoms with E-state index in [9.17, 15) is 0 Å². The summed E-state index contributed by atoms with van der Waals surface area (Å²) in [4.78, 5) is 4.72. The minimum atomic E-state index is 0.544. The molecule has 0 aliphatic heterocycles. The first kappa shape index (κ1) is 18.5. The zero-order valence-corrected chi connectivity index (χ0v) is 15.6. The Labute approximate surface area is 159 Å². The van der Waals surface area contributed by atoms with E-state index in [-0.39, 0.29) is 0 Å². The van der Waals surface area contributed by atoms with Crippen LogP contribution in [0.25, 0.3) is 5.69 Å². The molecule has 0 aliphatic rings. The molecule has 2 heterocycles. The number of hydrogen-bond acceptors (Lipinski definition) is 3. The highest BCUT2D eigenvalue weighted by Crippen LogP contribution is 2.15. The van der Waals surface area contributed by atoms with Crippen molar-refractivity contribution in [2.45, 2.75) is 19.9 Å². The molecule has 0 saturated carbocycles. The average Bonchev–Trinajstić information content (AvgIpc) is 3.35. The van der Waals surface area contributed by atoms with Crippen molar-refractivity contribution in [2.24, 2.45) is 4.99 Å². The van der Waals surface area contributed by atoms with Crippen molar-refractivity contribution >= 4 is 5.96 Å². The molecule has 3 aromatic rings. The fourth-order valence-electron chi connectivity index (χ4n) is 2.68. The van der Waals surface area contributed by atoms with E-state index >= 15 is 0 Å². The lowest BCUT2D eigenvalue weighted by Gasteiger charge is -2.12. The molecule has 0 saturated heterocycles. The van der Waals surface area contributed by atoms with E-state index in [0.29, 0.717) is 13.1 Å². The lowest BCUT2D eigenvalue weighted by atomic mass is 10.2. The van der Waals surface area contributed by atoms with Crippen molar-refractivity contribution in [3.8, 4) is 5.69 Å². The highest BCUT2D eigenvalue weighted by molar-refractivity contribution is 5.80. The Bertz CT molecular complexity index is 880. The Balaban J connectivity index is 1.69. The van der Waals surface area contributed by atoms with Gasteiger partial charge in [0.05, 0.1) is 24.2 Å². The van der Waals surface area contributed by atoms with E-state index in [0.717, 1.165) is 41.6 Å². The fraction of sp³-hybridized carbons (Fsp3) is 0.238. The van der Waals surface area contributed by atoms with Gasteiger partial charge in [-0.05, 0) is 36.8 Å². The van der Waals surface area contributed by atoms with Crippen LogP contribution in [0.2, 0.25) is 0 Å². The summed E-state index contributed by atoms with van der Waals surface area (Å²) in [6.45, 7) is 7.66. The third-order valence-corrected chi connectivity index (χ3v) is 4.03. The second-order valence-electron chi connectivity index (χ2n) is 6.12. The number of guanidine groups is 1. The van der Waals surface area contributed by atoms with Crippen molar-refractivity contribution in [1.29, 1.82) is 0 Å². The van der Waals surface area contributed by atoms with E-state index in [1.54, 1.807) is 6.26 Å². The Morgan fingerprint density at radius 3 is 2.85 bits per heavy atom. The third-order valence-electron chi connectivity index (χ3n) is 4.03. The zero-order chi connectivity index (χ0) is 18.9. The Kier molecular flexibility index (Phi) is 6.46. The molecule has 6 nitrogen and oxygen atoms in total. The first-order valence-corrected chi connectivity index (χ1v) is 9.02. The maximum atomic E-state index is 5.37. The Morgan fingerprint density at radius 2 is 2.11 bits per heavy atom. The van der Waals surface area contributed by atoms with Crippen molar-refractivity contribution in [3.63, 3.8) is 0 Å². The summed E-state index contributed by atoms with van der Waals surface area (Å²) in [6.07, 6.45) is 6.26. The number of furan rings is 1. The number of aliphatic imine (C=N–C) groups is 1. The smallest absolute Gasteiger partial charge is 0.191 e. The van der Waals surface area contributed by atoms with Crippen LogP contribution in [0.15, 0.2) is 77.0 Å². The number of nitrogens with zero attached hydrogens (tertiary/aromatic N) is 3. The van der Waals surface area contributed by atoms with Gasteiger partial charge in [-0.15, -0.1) is 6.58 Å². The monoisotopic (exact) mass is 363 g/mol. The quantitative estimate of drug-likeness (QED) is 0.366. The SMILES string of the molecule is C=CCNC(=NCc1ccccc1-n1ccc(C)n1)NCCc1ccco1. The van der Waals surface area contributed by atoms with Crippen LogP contribution in [0.5, 0.6) is 0 Å². The van der Waals surface area contributed by atoms with Gasteiger partial charge in [0.1, 0.15) is 5.76 Å². The molecule has 0 bridgehead atoms. The predicted octanol–water partition coefficient (Wildman–Crippen LogP) is 3.24. The molecule has 0 amide bonds. The molecule has 0 radical (unpaired) electrons. The van der Waals surface area contributed by atoms with Gasteiger partial charge in [0.25, 0.3) is 0 Å². The van der Waals surface area contributed by atoms with Crippen molar-refractivity contribution in [3.05, 3.63) is 84.6 Å². The summed E-state index contributed by atoms with van der Waals surface area (Å²) in [6, 6.07) is 14.0. The van der Waals surface area contributed by atoms with E-state index in [1.807, 2.05) is 54.2 Å². The summed E-state index contributed by atoms with van der Waals surface area (Å²) in [5.41, 5.74) is 3.13. The average molecular weight is 363 g/mol. The largest absolute Gasteiger partial charge is 0.469 e. The van der Waals surface area contributed by atoms with Crippen molar-refractivity contribution < 1.29 is 4.42 Å².